The summed E-state index contributed by atoms with van der Waals surface area (Å²) in [5, 5.41) is 12.3. The number of hydrogen-bond acceptors (Lipinski definition) is 8. The second kappa shape index (κ2) is 11.5. The molecule has 182 valence electrons. The minimum Gasteiger partial charge on any atom is -0.507 e. The van der Waals surface area contributed by atoms with Gasteiger partial charge < -0.3 is 29.4 Å². The summed E-state index contributed by atoms with van der Waals surface area (Å²) in [6, 6.07) is 11.0. The van der Waals surface area contributed by atoms with Crippen LogP contribution in [-0.4, -0.2) is 55.8 Å². The zero-order chi connectivity index (χ0) is 24.6. The first-order valence-electron chi connectivity index (χ1n) is 11.0. The number of rotatable bonds is 13. The Balaban J connectivity index is 1.32. The van der Waals surface area contributed by atoms with Crippen molar-refractivity contribution < 1.29 is 38.4 Å². The van der Waals surface area contributed by atoms with Crippen molar-refractivity contribution in [2.75, 3.05) is 31.7 Å². The first-order valence-corrected chi connectivity index (χ1v) is 11.0. The average Bonchev–Trinajstić information content (AvgIpc) is 3.67. The molecule has 0 saturated carbocycles. The summed E-state index contributed by atoms with van der Waals surface area (Å²) in [6.07, 6.45) is 1.49. The van der Waals surface area contributed by atoms with Gasteiger partial charge in [0.25, 0.3) is 5.91 Å². The van der Waals surface area contributed by atoms with Crippen LogP contribution in [0.4, 0.5) is 5.69 Å². The minimum absolute atomic E-state index is 0.141. The van der Waals surface area contributed by atoms with Crippen molar-refractivity contribution >= 4 is 23.9 Å². The lowest BCUT2D eigenvalue weighted by Crippen LogP contribution is -2.27. The number of amides is 1. The third-order valence-electron chi connectivity index (χ3n) is 5.24. The summed E-state index contributed by atoms with van der Waals surface area (Å²) in [6.45, 7) is 5.18. The van der Waals surface area contributed by atoms with E-state index in [1.807, 2.05) is 13.8 Å². The Morgan fingerprint density at radius 1 is 1.15 bits per heavy atom. The fourth-order valence-electron chi connectivity index (χ4n) is 3.03. The van der Waals surface area contributed by atoms with Gasteiger partial charge in [0.15, 0.2) is 12.9 Å². The van der Waals surface area contributed by atoms with Gasteiger partial charge in [0, 0.05) is 23.6 Å². The number of benzene rings is 2. The average molecular weight is 472 g/mol. The van der Waals surface area contributed by atoms with Crippen LogP contribution in [-0.2, 0) is 19.1 Å². The van der Waals surface area contributed by atoms with E-state index in [-0.39, 0.29) is 53.5 Å². The van der Waals surface area contributed by atoms with E-state index in [0.717, 1.165) is 6.61 Å². The molecule has 2 N–H and O–H groups in total. The Bertz CT molecular complexity index is 998. The van der Waals surface area contributed by atoms with Crippen molar-refractivity contribution in [1.82, 2.24) is 0 Å². The molecule has 0 aliphatic carbocycles. The first kappa shape index (κ1) is 25.0. The molecule has 34 heavy (non-hydrogen) atoms. The van der Waals surface area contributed by atoms with Gasteiger partial charge in [-0.1, -0.05) is 13.8 Å². The molecule has 3 rings (SSSR count). The third kappa shape index (κ3) is 7.77. The van der Waals surface area contributed by atoms with E-state index < -0.39 is 0 Å². The molecule has 1 aliphatic rings. The molecule has 9 heteroatoms. The molecule has 0 radical (unpaired) electrons. The molecule has 0 spiro atoms. The number of ether oxygens (including phenoxy) is 4. The number of anilines is 1. The summed E-state index contributed by atoms with van der Waals surface area (Å²) in [7, 11) is 0. The van der Waals surface area contributed by atoms with Crippen LogP contribution in [0.25, 0.3) is 0 Å². The van der Waals surface area contributed by atoms with Crippen LogP contribution in [0.15, 0.2) is 42.5 Å². The van der Waals surface area contributed by atoms with Crippen molar-refractivity contribution in [2.45, 2.75) is 32.8 Å². The smallest absolute Gasteiger partial charge is 0.305 e. The van der Waals surface area contributed by atoms with E-state index in [2.05, 4.69) is 5.32 Å². The second-order valence-electron chi connectivity index (χ2n) is 8.62. The zero-order valence-corrected chi connectivity index (χ0v) is 19.2. The maximum absolute atomic E-state index is 12.1. The van der Waals surface area contributed by atoms with Crippen molar-refractivity contribution in [2.24, 2.45) is 5.41 Å². The van der Waals surface area contributed by atoms with Gasteiger partial charge >= 0.3 is 5.97 Å². The quantitative estimate of drug-likeness (QED) is 0.197. The van der Waals surface area contributed by atoms with Crippen molar-refractivity contribution in [3.05, 3.63) is 48.0 Å². The van der Waals surface area contributed by atoms with Crippen molar-refractivity contribution in [3.63, 3.8) is 0 Å². The van der Waals surface area contributed by atoms with Crippen LogP contribution in [0.5, 0.6) is 17.2 Å². The molecule has 1 saturated heterocycles. The van der Waals surface area contributed by atoms with Gasteiger partial charge in [-0.2, -0.15) is 0 Å². The number of aromatic hydroxyl groups is 1. The number of hydrogen-bond donors (Lipinski definition) is 2. The summed E-state index contributed by atoms with van der Waals surface area (Å²) in [5.41, 5.74) is 0.537. The van der Waals surface area contributed by atoms with Gasteiger partial charge in [-0.25, -0.2) is 0 Å². The number of phenolic OH excluding ortho intramolecular Hbond substituents is 1. The monoisotopic (exact) mass is 471 g/mol. The highest BCUT2D eigenvalue weighted by molar-refractivity contribution is 5.92. The molecular formula is C25H29NO8. The SMILES string of the molecule is CC(C)(COC(=O)CCCOc1ccc(NC(=O)COc2ccc(C=O)c(O)c2)cc1)C1CO1. The highest BCUT2D eigenvalue weighted by atomic mass is 16.6. The molecular weight excluding hydrogens is 442 g/mol. The van der Waals surface area contributed by atoms with Gasteiger partial charge in [0.1, 0.15) is 17.2 Å². The lowest BCUT2D eigenvalue weighted by Gasteiger charge is -2.21. The number of carbonyl (C=O) groups is 3. The molecule has 2 aromatic carbocycles. The second-order valence-corrected chi connectivity index (χ2v) is 8.62. The summed E-state index contributed by atoms with van der Waals surface area (Å²) in [5.74, 6) is 0.0231. The summed E-state index contributed by atoms with van der Waals surface area (Å²) >= 11 is 0. The van der Waals surface area contributed by atoms with E-state index in [1.54, 1.807) is 24.3 Å². The molecule has 1 heterocycles. The molecule has 0 aromatic heterocycles. The Morgan fingerprint density at radius 3 is 2.50 bits per heavy atom. The fraction of sp³-hybridized carbons (Fsp3) is 0.400. The predicted molar refractivity (Wildman–Crippen MR) is 123 cm³/mol. The Morgan fingerprint density at radius 2 is 1.85 bits per heavy atom. The molecule has 1 unspecified atom stereocenters. The maximum atomic E-state index is 12.1. The number of phenols is 1. The Hall–Kier alpha value is -3.59. The van der Waals surface area contributed by atoms with Crippen LogP contribution < -0.4 is 14.8 Å². The van der Waals surface area contributed by atoms with Gasteiger partial charge in [-0.15, -0.1) is 0 Å². The highest BCUT2D eigenvalue weighted by Gasteiger charge is 2.40. The number of epoxide rings is 1. The lowest BCUT2D eigenvalue weighted by molar-refractivity contribution is -0.147. The lowest BCUT2D eigenvalue weighted by atomic mass is 9.91. The van der Waals surface area contributed by atoms with Crippen LogP contribution in [0.1, 0.15) is 37.0 Å². The topological polar surface area (TPSA) is 124 Å². The number of nitrogens with one attached hydrogen (secondary N) is 1. The number of esters is 1. The van der Waals surface area contributed by atoms with E-state index in [1.165, 1.54) is 18.2 Å². The van der Waals surface area contributed by atoms with Gasteiger partial charge in [-0.05, 0) is 42.8 Å². The Labute approximate surface area is 198 Å². The molecule has 1 atom stereocenters. The van der Waals surface area contributed by atoms with Crippen LogP contribution in [0, 0.1) is 5.41 Å². The van der Waals surface area contributed by atoms with E-state index in [0.29, 0.717) is 37.4 Å². The van der Waals surface area contributed by atoms with Gasteiger partial charge in [0.2, 0.25) is 0 Å². The van der Waals surface area contributed by atoms with E-state index in [4.69, 9.17) is 18.9 Å². The molecule has 2 aromatic rings. The molecule has 1 fully saturated rings. The molecule has 9 nitrogen and oxygen atoms in total. The third-order valence-corrected chi connectivity index (χ3v) is 5.24. The molecule has 1 aliphatic heterocycles. The van der Waals surface area contributed by atoms with Gasteiger partial charge in [-0.3, -0.25) is 14.4 Å². The maximum Gasteiger partial charge on any atom is 0.305 e. The van der Waals surface area contributed by atoms with Crippen LogP contribution in [0.3, 0.4) is 0 Å². The number of aldehydes is 1. The van der Waals surface area contributed by atoms with Crippen LogP contribution in [0.2, 0.25) is 0 Å². The van der Waals surface area contributed by atoms with E-state index >= 15 is 0 Å². The van der Waals surface area contributed by atoms with Gasteiger partial charge in [0.05, 0.1) is 31.5 Å². The normalized spacial score (nSPS) is 14.7. The first-order chi connectivity index (χ1) is 16.3. The fourth-order valence-corrected chi connectivity index (χ4v) is 3.03. The Kier molecular flexibility index (Phi) is 8.48. The summed E-state index contributed by atoms with van der Waals surface area (Å²) < 4.78 is 21.5. The minimum atomic E-state index is -0.387. The van der Waals surface area contributed by atoms with Crippen molar-refractivity contribution in [3.8, 4) is 17.2 Å². The van der Waals surface area contributed by atoms with Crippen molar-refractivity contribution in [1.29, 1.82) is 0 Å². The van der Waals surface area contributed by atoms with Crippen LogP contribution >= 0.6 is 0 Å². The largest absolute Gasteiger partial charge is 0.507 e. The standard InChI is InChI=1S/C25H29NO8/c1-25(2,22-14-33-22)16-34-24(30)4-3-11-31-19-9-6-18(7-10-19)26-23(29)15-32-20-8-5-17(13-27)21(28)12-20/h5-10,12-13,22,28H,3-4,11,14-16H2,1-2H3,(H,26,29). The number of carbonyl (C=O) groups excluding carboxylic acids is 3. The zero-order valence-electron chi connectivity index (χ0n) is 19.2. The predicted octanol–water partition coefficient (Wildman–Crippen LogP) is 3.35. The van der Waals surface area contributed by atoms with E-state index in [9.17, 15) is 19.5 Å². The highest BCUT2D eigenvalue weighted by Crippen LogP contribution is 2.32. The molecule has 0 bridgehead atoms. The summed E-state index contributed by atoms with van der Waals surface area (Å²) in [4.78, 5) is 34.7. The molecule has 1 amide bonds.